The number of nitrogens with zero attached hydrogens (tertiary/aromatic N) is 2. The highest BCUT2D eigenvalue weighted by atomic mass is 16.4. The number of hydrogen-bond donors (Lipinski definition) is 2. The Labute approximate surface area is 212 Å². The highest BCUT2D eigenvalue weighted by Gasteiger charge is 2.41. The average molecular weight is 490 g/mol. The fourth-order valence-electron chi connectivity index (χ4n) is 6.20. The van der Waals surface area contributed by atoms with Gasteiger partial charge >= 0.3 is 5.97 Å². The van der Waals surface area contributed by atoms with Gasteiger partial charge in [-0.15, -0.1) is 0 Å². The number of likely N-dealkylation sites (tertiary alicyclic amines) is 2. The Hall–Kier alpha value is -3.19. The van der Waals surface area contributed by atoms with Crippen LogP contribution in [0.5, 0.6) is 0 Å². The van der Waals surface area contributed by atoms with Crippen LogP contribution < -0.4 is 5.32 Å². The molecule has 7 heteroatoms. The molecule has 3 atom stereocenters. The molecule has 0 bridgehead atoms. The molecule has 0 aromatic heterocycles. The number of nitrogens with one attached hydrogen (secondary N) is 1. The van der Waals surface area contributed by atoms with Gasteiger partial charge in [0.2, 0.25) is 5.91 Å². The van der Waals surface area contributed by atoms with E-state index in [1.807, 2.05) is 23.1 Å². The first-order valence-corrected chi connectivity index (χ1v) is 13.2. The minimum absolute atomic E-state index is 0.0133. The molecule has 2 aliphatic heterocycles. The molecule has 36 heavy (non-hydrogen) atoms. The molecule has 3 fully saturated rings. The van der Waals surface area contributed by atoms with Crippen LogP contribution in [0.3, 0.4) is 0 Å². The number of carbonyl (C=O) groups is 3. The molecule has 2 N–H and O–H groups in total. The Bertz CT molecular complexity index is 1080. The maximum atomic E-state index is 13.0. The summed E-state index contributed by atoms with van der Waals surface area (Å²) >= 11 is 0. The van der Waals surface area contributed by atoms with Crippen molar-refractivity contribution in [3.05, 3.63) is 71.3 Å². The first kappa shape index (κ1) is 24.5. The van der Waals surface area contributed by atoms with E-state index in [1.54, 1.807) is 12.1 Å². The van der Waals surface area contributed by atoms with Crippen molar-refractivity contribution in [3.8, 4) is 0 Å². The molecule has 1 aliphatic carbocycles. The summed E-state index contributed by atoms with van der Waals surface area (Å²) in [4.78, 5) is 41.5. The van der Waals surface area contributed by atoms with E-state index in [1.165, 1.54) is 12.1 Å². The van der Waals surface area contributed by atoms with Gasteiger partial charge in [0, 0.05) is 44.2 Å². The zero-order chi connectivity index (χ0) is 25.1. The van der Waals surface area contributed by atoms with Crippen LogP contribution in [0.1, 0.15) is 64.4 Å². The molecule has 7 nitrogen and oxygen atoms in total. The molecule has 2 heterocycles. The van der Waals surface area contributed by atoms with Crippen LogP contribution in [-0.2, 0) is 4.79 Å². The highest BCUT2D eigenvalue weighted by molar-refractivity contribution is 5.97. The van der Waals surface area contributed by atoms with Crippen LogP contribution in [0.15, 0.2) is 54.6 Å². The molecule has 3 aliphatic rings. The lowest BCUT2D eigenvalue weighted by Gasteiger charge is -2.25. The van der Waals surface area contributed by atoms with E-state index in [2.05, 4.69) is 22.3 Å². The van der Waals surface area contributed by atoms with Gasteiger partial charge in [-0.3, -0.25) is 9.59 Å². The molecule has 190 valence electrons. The number of carbonyl (C=O) groups excluding carboxylic acids is 2. The number of benzene rings is 2. The van der Waals surface area contributed by atoms with E-state index < -0.39 is 5.97 Å². The smallest absolute Gasteiger partial charge is 0.335 e. The predicted molar refractivity (Wildman–Crippen MR) is 137 cm³/mol. The first-order valence-electron chi connectivity index (χ1n) is 13.2. The van der Waals surface area contributed by atoms with Crippen molar-refractivity contribution in [2.75, 3.05) is 32.7 Å². The van der Waals surface area contributed by atoms with E-state index in [-0.39, 0.29) is 29.3 Å². The third kappa shape index (κ3) is 5.46. The number of fused-ring (bicyclic) bond motifs is 1. The zero-order valence-electron chi connectivity index (χ0n) is 20.6. The minimum atomic E-state index is -1.02. The molecule has 0 unspecified atom stereocenters. The quantitative estimate of drug-likeness (QED) is 0.588. The summed E-state index contributed by atoms with van der Waals surface area (Å²) in [6.07, 6.45) is 5.16. The van der Waals surface area contributed by atoms with Gasteiger partial charge in [-0.2, -0.15) is 0 Å². The predicted octanol–water partition coefficient (Wildman–Crippen LogP) is 3.83. The summed E-state index contributed by atoms with van der Waals surface area (Å²) in [6.45, 7) is 4.21. The molecule has 5 rings (SSSR count). The van der Waals surface area contributed by atoms with Crippen LogP contribution in [0.4, 0.5) is 0 Å². The second kappa shape index (κ2) is 10.8. The van der Waals surface area contributed by atoms with Crippen molar-refractivity contribution >= 4 is 17.8 Å². The van der Waals surface area contributed by atoms with Crippen molar-refractivity contribution in [1.82, 2.24) is 15.1 Å². The third-order valence-electron chi connectivity index (χ3n) is 8.18. The molecule has 0 radical (unpaired) electrons. The molecule has 0 spiro atoms. The average Bonchev–Trinajstić information content (AvgIpc) is 3.64. The summed E-state index contributed by atoms with van der Waals surface area (Å²) in [7, 11) is 0. The lowest BCUT2D eigenvalue weighted by atomic mass is 10.0. The number of hydrogen-bond acceptors (Lipinski definition) is 4. The lowest BCUT2D eigenvalue weighted by molar-refractivity contribution is -0.125. The molecule has 2 amide bonds. The minimum Gasteiger partial charge on any atom is -0.478 e. The van der Waals surface area contributed by atoms with Gasteiger partial charge in [0.05, 0.1) is 11.6 Å². The van der Waals surface area contributed by atoms with E-state index in [0.717, 1.165) is 57.3 Å². The van der Waals surface area contributed by atoms with Gasteiger partial charge in [-0.25, -0.2) is 4.79 Å². The monoisotopic (exact) mass is 489 g/mol. The summed E-state index contributed by atoms with van der Waals surface area (Å²) in [6, 6.07) is 16.6. The van der Waals surface area contributed by atoms with Crippen LogP contribution in [-0.4, -0.2) is 65.4 Å². The van der Waals surface area contributed by atoms with E-state index in [9.17, 15) is 19.5 Å². The van der Waals surface area contributed by atoms with Crippen molar-refractivity contribution in [1.29, 1.82) is 0 Å². The number of rotatable bonds is 8. The van der Waals surface area contributed by atoms with E-state index in [4.69, 9.17) is 0 Å². The van der Waals surface area contributed by atoms with Gasteiger partial charge in [-0.1, -0.05) is 49.2 Å². The van der Waals surface area contributed by atoms with Crippen molar-refractivity contribution in [3.63, 3.8) is 0 Å². The summed E-state index contributed by atoms with van der Waals surface area (Å²) < 4.78 is 0. The second-order valence-electron chi connectivity index (χ2n) is 10.6. The Kier molecular flexibility index (Phi) is 7.37. The van der Waals surface area contributed by atoms with Gasteiger partial charge in [0.15, 0.2) is 0 Å². The maximum Gasteiger partial charge on any atom is 0.335 e. The van der Waals surface area contributed by atoms with Crippen molar-refractivity contribution in [2.45, 2.75) is 38.1 Å². The fraction of sp³-hybridized carbons (Fsp3) is 0.483. The Balaban J connectivity index is 1.15. The number of amides is 2. The SMILES string of the molecule is O=C(O)c1cccc(C(=O)N2C[C@H]3CN(CC[C@H](NC(=O)C4CCCC4)c4ccccc4)C[C@H]3C2)c1. The van der Waals surface area contributed by atoms with Crippen LogP contribution >= 0.6 is 0 Å². The Morgan fingerprint density at radius 2 is 1.56 bits per heavy atom. The largest absolute Gasteiger partial charge is 0.478 e. The topological polar surface area (TPSA) is 89.9 Å². The fourth-order valence-corrected chi connectivity index (χ4v) is 6.20. The van der Waals surface area contributed by atoms with Crippen molar-refractivity contribution in [2.24, 2.45) is 17.8 Å². The number of carboxylic acids is 1. The van der Waals surface area contributed by atoms with Gasteiger partial charge < -0.3 is 20.2 Å². The summed E-state index contributed by atoms with van der Waals surface area (Å²) in [5, 5.41) is 12.6. The second-order valence-corrected chi connectivity index (χ2v) is 10.6. The van der Waals surface area contributed by atoms with Gasteiger partial charge in [0.25, 0.3) is 5.91 Å². The van der Waals surface area contributed by atoms with E-state index >= 15 is 0 Å². The standard InChI is InChI=1S/C29H35N3O4/c33-27(21-9-4-5-10-21)30-26(20-7-2-1-3-8-20)13-14-31-16-24-18-32(19-25(24)17-31)28(34)22-11-6-12-23(15-22)29(35)36/h1-3,6-8,11-12,15,21,24-26H,4-5,9-10,13-14,16-19H2,(H,30,33)(H,35,36)/t24-,25+,26-/m0/s1. The van der Waals surface area contributed by atoms with E-state index in [0.29, 0.717) is 30.5 Å². The van der Waals surface area contributed by atoms with Crippen LogP contribution in [0, 0.1) is 17.8 Å². The number of carboxylic acid groups (broad SMARTS) is 1. The van der Waals surface area contributed by atoms with Crippen molar-refractivity contribution < 1.29 is 19.5 Å². The summed E-state index contributed by atoms with van der Waals surface area (Å²) in [5.74, 6) is 0.104. The molecular formula is C29H35N3O4. The zero-order valence-corrected chi connectivity index (χ0v) is 20.6. The Morgan fingerprint density at radius 3 is 2.22 bits per heavy atom. The van der Waals surface area contributed by atoms with Crippen LogP contribution in [0.2, 0.25) is 0 Å². The maximum absolute atomic E-state index is 13.0. The third-order valence-corrected chi connectivity index (χ3v) is 8.18. The molecule has 2 saturated heterocycles. The first-order chi connectivity index (χ1) is 17.5. The normalized spacial score (nSPS) is 22.9. The highest BCUT2D eigenvalue weighted by Crippen LogP contribution is 2.33. The van der Waals surface area contributed by atoms with Crippen LogP contribution in [0.25, 0.3) is 0 Å². The Morgan fingerprint density at radius 1 is 0.889 bits per heavy atom. The van der Waals surface area contributed by atoms with Gasteiger partial charge in [0.1, 0.15) is 0 Å². The molecule has 2 aromatic rings. The summed E-state index contributed by atoms with van der Waals surface area (Å²) in [5.41, 5.74) is 1.73. The lowest BCUT2D eigenvalue weighted by Crippen LogP contribution is -2.36. The molecule has 1 saturated carbocycles. The number of aromatic carboxylic acids is 1. The molecular weight excluding hydrogens is 454 g/mol. The molecule has 2 aromatic carbocycles. The van der Waals surface area contributed by atoms with Gasteiger partial charge in [-0.05, 0) is 54.9 Å².